The fraction of sp³-hybridized carbons (Fsp3) is 0.200. The van der Waals surface area contributed by atoms with Crippen LogP contribution in [-0.4, -0.2) is 7.11 Å². The van der Waals surface area contributed by atoms with Crippen LogP contribution in [0.1, 0.15) is 18.5 Å². The van der Waals surface area contributed by atoms with E-state index in [0.717, 1.165) is 11.3 Å². The zero-order valence-corrected chi connectivity index (χ0v) is 11.6. The van der Waals surface area contributed by atoms with Crippen LogP contribution in [0.2, 0.25) is 5.02 Å². The summed E-state index contributed by atoms with van der Waals surface area (Å²) in [7, 11) is 1.62. The summed E-state index contributed by atoms with van der Waals surface area (Å²) in [4.78, 5) is 0. The predicted molar refractivity (Wildman–Crippen MR) is 77.1 cm³/mol. The van der Waals surface area contributed by atoms with Crippen LogP contribution >= 0.6 is 11.6 Å². The zero-order chi connectivity index (χ0) is 13.8. The van der Waals surface area contributed by atoms with Gasteiger partial charge in [-0.3, -0.25) is 0 Å². The number of halogens is 1. The van der Waals surface area contributed by atoms with Crippen LogP contribution in [0.5, 0.6) is 17.2 Å². The van der Waals surface area contributed by atoms with Gasteiger partial charge in [-0.25, -0.2) is 0 Å². The first kappa shape index (κ1) is 13.7. The van der Waals surface area contributed by atoms with Gasteiger partial charge in [0, 0.05) is 6.04 Å². The fourth-order valence-electron chi connectivity index (χ4n) is 1.65. The van der Waals surface area contributed by atoms with E-state index in [1.54, 1.807) is 7.11 Å². The van der Waals surface area contributed by atoms with Crippen LogP contribution in [0, 0.1) is 0 Å². The third-order valence-corrected chi connectivity index (χ3v) is 3.06. The quantitative estimate of drug-likeness (QED) is 0.912. The van der Waals surface area contributed by atoms with E-state index in [9.17, 15) is 0 Å². The number of ether oxygens (including phenoxy) is 2. The lowest BCUT2D eigenvalue weighted by Crippen LogP contribution is -2.04. The molecule has 0 radical (unpaired) electrons. The molecule has 0 fully saturated rings. The molecule has 0 unspecified atom stereocenters. The minimum Gasteiger partial charge on any atom is -0.497 e. The first-order valence-electron chi connectivity index (χ1n) is 5.97. The molecule has 0 aromatic heterocycles. The Labute approximate surface area is 117 Å². The normalized spacial score (nSPS) is 12.0. The molecule has 19 heavy (non-hydrogen) atoms. The fourth-order valence-corrected chi connectivity index (χ4v) is 1.88. The van der Waals surface area contributed by atoms with Crippen LogP contribution in [0.25, 0.3) is 0 Å². The molecular formula is C15H16ClNO2. The molecule has 1 atom stereocenters. The number of methoxy groups -OCH3 is 1. The van der Waals surface area contributed by atoms with Crippen LogP contribution < -0.4 is 15.2 Å². The lowest BCUT2D eigenvalue weighted by molar-refractivity contribution is 0.413. The molecule has 2 N–H and O–H groups in total. The van der Waals surface area contributed by atoms with Crippen molar-refractivity contribution in [3.63, 3.8) is 0 Å². The van der Waals surface area contributed by atoms with Gasteiger partial charge in [-0.2, -0.15) is 0 Å². The zero-order valence-electron chi connectivity index (χ0n) is 10.9. The minimum atomic E-state index is -0.0486. The van der Waals surface area contributed by atoms with Gasteiger partial charge in [-0.1, -0.05) is 17.7 Å². The average Bonchev–Trinajstić information content (AvgIpc) is 2.41. The van der Waals surface area contributed by atoms with Crippen LogP contribution in [0.3, 0.4) is 0 Å². The number of benzene rings is 2. The van der Waals surface area contributed by atoms with Gasteiger partial charge in [-0.15, -0.1) is 0 Å². The van der Waals surface area contributed by atoms with Gasteiger partial charge < -0.3 is 15.2 Å². The molecule has 0 aliphatic heterocycles. The van der Waals surface area contributed by atoms with E-state index in [0.29, 0.717) is 16.5 Å². The first-order valence-corrected chi connectivity index (χ1v) is 6.35. The maximum absolute atomic E-state index is 6.18. The van der Waals surface area contributed by atoms with Crippen molar-refractivity contribution in [1.29, 1.82) is 0 Å². The average molecular weight is 278 g/mol. The Kier molecular flexibility index (Phi) is 4.30. The Hall–Kier alpha value is -1.71. The number of hydrogen-bond donors (Lipinski definition) is 1. The molecule has 0 saturated heterocycles. The topological polar surface area (TPSA) is 44.5 Å². The number of rotatable bonds is 4. The number of nitrogens with two attached hydrogens (primary N) is 1. The molecule has 2 rings (SSSR count). The molecule has 2 aromatic rings. The van der Waals surface area contributed by atoms with E-state index in [1.807, 2.05) is 49.4 Å². The Morgan fingerprint density at radius 1 is 1.05 bits per heavy atom. The lowest BCUT2D eigenvalue weighted by Gasteiger charge is -2.11. The van der Waals surface area contributed by atoms with Gasteiger partial charge in [0.1, 0.15) is 17.2 Å². The second-order valence-corrected chi connectivity index (χ2v) is 4.66. The summed E-state index contributed by atoms with van der Waals surface area (Å²) in [5.41, 5.74) is 6.78. The minimum absolute atomic E-state index is 0.0486. The van der Waals surface area contributed by atoms with Crippen molar-refractivity contribution in [2.75, 3.05) is 7.11 Å². The molecule has 0 amide bonds. The van der Waals surface area contributed by atoms with Gasteiger partial charge in [0.15, 0.2) is 0 Å². The first-order chi connectivity index (χ1) is 9.10. The Morgan fingerprint density at radius 3 is 2.21 bits per heavy atom. The summed E-state index contributed by atoms with van der Waals surface area (Å²) >= 11 is 6.18. The highest BCUT2D eigenvalue weighted by atomic mass is 35.5. The predicted octanol–water partition coefficient (Wildman–Crippen LogP) is 4.16. The SMILES string of the molecule is COc1ccc(Oc2ccc([C@@H](C)N)cc2Cl)cc1. The second kappa shape index (κ2) is 5.95. The third kappa shape index (κ3) is 3.40. The third-order valence-electron chi connectivity index (χ3n) is 2.77. The summed E-state index contributed by atoms with van der Waals surface area (Å²) in [6, 6.07) is 12.8. The summed E-state index contributed by atoms with van der Waals surface area (Å²) < 4.78 is 10.8. The van der Waals surface area contributed by atoms with Crippen molar-refractivity contribution < 1.29 is 9.47 Å². The Bertz CT molecular complexity index is 553. The second-order valence-electron chi connectivity index (χ2n) is 4.26. The van der Waals surface area contributed by atoms with E-state index >= 15 is 0 Å². The molecule has 0 aliphatic rings. The smallest absolute Gasteiger partial charge is 0.146 e. The van der Waals surface area contributed by atoms with Gasteiger partial charge in [0.25, 0.3) is 0 Å². The Balaban J connectivity index is 2.18. The van der Waals surface area contributed by atoms with Gasteiger partial charge in [-0.05, 0) is 48.9 Å². The summed E-state index contributed by atoms with van der Waals surface area (Å²) in [5, 5.41) is 0.547. The largest absolute Gasteiger partial charge is 0.497 e. The van der Waals surface area contributed by atoms with Crippen LogP contribution in [0.15, 0.2) is 42.5 Å². The number of hydrogen-bond acceptors (Lipinski definition) is 3. The van der Waals surface area contributed by atoms with E-state index in [1.165, 1.54) is 0 Å². The standard InChI is InChI=1S/C15H16ClNO2/c1-10(17)11-3-8-15(14(16)9-11)19-13-6-4-12(18-2)5-7-13/h3-10H,17H2,1-2H3/t10-/m1/s1. The van der Waals surface area contributed by atoms with Crippen molar-refractivity contribution >= 4 is 11.6 Å². The molecule has 0 aliphatic carbocycles. The van der Waals surface area contributed by atoms with E-state index in [2.05, 4.69) is 0 Å². The summed E-state index contributed by atoms with van der Waals surface area (Å²) in [5.74, 6) is 2.10. The van der Waals surface area contributed by atoms with Gasteiger partial charge in [0.2, 0.25) is 0 Å². The lowest BCUT2D eigenvalue weighted by atomic mass is 10.1. The summed E-state index contributed by atoms with van der Waals surface area (Å²) in [6.45, 7) is 1.91. The van der Waals surface area contributed by atoms with E-state index in [-0.39, 0.29) is 6.04 Å². The van der Waals surface area contributed by atoms with Crippen molar-refractivity contribution in [3.05, 3.63) is 53.1 Å². The Morgan fingerprint density at radius 2 is 1.68 bits per heavy atom. The molecular weight excluding hydrogens is 262 g/mol. The maximum Gasteiger partial charge on any atom is 0.146 e. The van der Waals surface area contributed by atoms with Crippen molar-refractivity contribution in [2.24, 2.45) is 5.73 Å². The van der Waals surface area contributed by atoms with Crippen LogP contribution in [0.4, 0.5) is 0 Å². The molecule has 0 saturated carbocycles. The maximum atomic E-state index is 6.18. The summed E-state index contributed by atoms with van der Waals surface area (Å²) in [6.07, 6.45) is 0. The van der Waals surface area contributed by atoms with Crippen molar-refractivity contribution in [2.45, 2.75) is 13.0 Å². The molecule has 2 aromatic carbocycles. The molecule has 3 nitrogen and oxygen atoms in total. The van der Waals surface area contributed by atoms with Crippen molar-refractivity contribution in [3.8, 4) is 17.2 Å². The molecule has 0 bridgehead atoms. The van der Waals surface area contributed by atoms with E-state index in [4.69, 9.17) is 26.8 Å². The molecule has 100 valence electrons. The highest BCUT2D eigenvalue weighted by Gasteiger charge is 2.07. The van der Waals surface area contributed by atoms with Crippen LogP contribution in [-0.2, 0) is 0 Å². The highest BCUT2D eigenvalue weighted by molar-refractivity contribution is 6.32. The van der Waals surface area contributed by atoms with E-state index < -0.39 is 0 Å². The molecule has 4 heteroatoms. The monoisotopic (exact) mass is 277 g/mol. The van der Waals surface area contributed by atoms with Gasteiger partial charge >= 0.3 is 0 Å². The highest BCUT2D eigenvalue weighted by Crippen LogP contribution is 2.31. The van der Waals surface area contributed by atoms with Crippen molar-refractivity contribution in [1.82, 2.24) is 0 Å². The molecule has 0 spiro atoms. The van der Waals surface area contributed by atoms with Gasteiger partial charge in [0.05, 0.1) is 12.1 Å². The molecule has 0 heterocycles.